The van der Waals surface area contributed by atoms with Crippen LogP contribution in [0.4, 0.5) is 0 Å². The molecule has 2 nitrogen and oxygen atoms in total. The first-order valence-corrected chi connectivity index (χ1v) is 5.63. The van der Waals surface area contributed by atoms with Gasteiger partial charge in [-0.25, -0.2) is 0 Å². The van der Waals surface area contributed by atoms with E-state index in [0.717, 1.165) is 10.1 Å². The van der Waals surface area contributed by atoms with Crippen LogP contribution in [-0.2, 0) is 4.79 Å². The lowest BCUT2D eigenvalue weighted by Gasteiger charge is -2.27. The Bertz CT molecular complexity index is 377. The van der Waals surface area contributed by atoms with Gasteiger partial charge in [-0.15, -0.1) is 0 Å². The Morgan fingerprint density at radius 1 is 1.53 bits per heavy atom. The van der Waals surface area contributed by atoms with Gasteiger partial charge in [0.2, 0.25) is 0 Å². The lowest BCUT2D eigenvalue weighted by molar-refractivity contribution is -0.126. The fourth-order valence-corrected chi connectivity index (χ4v) is 1.69. The van der Waals surface area contributed by atoms with Crippen molar-refractivity contribution in [1.29, 1.82) is 0 Å². The highest BCUT2D eigenvalue weighted by Crippen LogP contribution is 2.37. The molecule has 0 radical (unpaired) electrons. The van der Waals surface area contributed by atoms with E-state index in [0.29, 0.717) is 5.57 Å². The summed E-state index contributed by atoms with van der Waals surface area (Å²) < 4.78 is 0.901. The van der Waals surface area contributed by atoms with Gasteiger partial charge in [0.25, 0.3) is 5.91 Å². The van der Waals surface area contributed by atoms with Crippen molar-refractivity contribution >= 4 is 21.8 Å². The molecule has 0 N–H and O–H groups in total. The maximum atomic E-state index is 11.9. The smallest absolute Gasteiger partial charge is 0.254 e. The SMILES string of the molecule is C=C1/C(=C\C(Br)=C/C)C(=O)N(C)C1(C)C. The first kappa shape index (κ1) is 12.2. The molecular formula is C12H16BrNO. The van der Waals surface area contributed by atoms with Crippen molar-refractivity contribution in [2.75, 3.05) is 7.05 Å². The summed E-state index contributed by atoms with van der Waals surface area (Å²) in [6.45, 7) is 9.91. The number of amides is 1. The van der Waals surface area contributed by atoms with E-state index in [1.54, 1.807) is 11.9 Å². The van der Waals surface area contributed by atoms with Crippen molar-refractivity contribution < 1.29 is 4.79 Å². The molecule has 1 amide bonds. The molecule has 3 heteroatoms. The van der Waals surface area contributed by atoms with Gasteiger partial charge >= 0.3 is 0 Å². The second-order valence-electron chi connectivity index (χ2n) is 4.13. The van der Waals surface area contributed by atoms with Crippen LogP contribution in [0.5, 0.6) is 0 Å². The average molecular weight is 270 g/mol. The molecule has 0 unspecified atom stereocenters. The van der Waals surface area contributed by atoms with Gasteiger partial charge in [-0.2, -0.15) is 0 Å². The lowest BCUT2D eigenvalue weighted by atomic mass is 9.94. The van der Waals surface area contributed by atoms with Crippen LogP contribution in [0.1, 0.15) is 20.8 Å². The number of likely N-dealkylation sites (N-methyl/N-ethyl adjacent to an activating group) is 1. The van der Waals surface area contributed by atoms with Gasteiger partial charge in [0, 0.05) is 17.1 Å². The summed E-state index contributed by atoms with van der Waals surface area (Å²) in [7, 11) is 1.80. The van der Waals surface area contributed by atoms with Gasteiger partial charge in [-0.05, 0) is 32.4 Å². The molecule has 1 heterocycles. The van der Waals surface area contributed by atoms with E-state index in [1.807, 2.05) is 32.9 Å². The van der Waals surface area contributed by atoms with Gasteiger partial charge in [0.05, 0.1) is 5.54 Å². The second kappa shape index (κ2) is 3.97. The molecular weight excluding hydrogens is 254 g/mol. The summed E-state index contributed by atoms with van der Waals surface area (Å²) in [5.74, 6) is 0.0313. The number of carbonyl (C=O) groups excluding carboxylic acids is 1. The summed E-state index contributed by atoms with van der Waals surface area (Å²) >= 11 is 3.37. The molecule has 0 aromatic heterocycles. The topological polar surface area (TPSA) is 20.3 Å². The quantitative estimate of drug-likeness (QED) is 0.671. The molecule has 0 saturated carbocycles. The van der Waals surface area contributed by atoms with Crippen molar-refractivity contribution in [2.45, 2.75) is 26.3 Å². The molecule has 0 bridgehead atoms. The maximum absolute atomic E-state index is 11.9. The minimum absolute atomic E-state index is 0.0313. The summed E-state index contributed by atoms with van der Waals surface area (Å²) in [5.41, 5.74) is 1.27. The van der Waals surface area contributed by atoms with Crippen molar-refractivity contribution in [1.82, 2.24) is 4.90 Å². The highest BCUT2D eigenvalue weighted by molar-refractivity contribution is 9.11. The van der Waals surface area contributed by atoms with Gasteiger partial charge in [-0.3, -0.25) is 4.79 Å². The normalized spacial score (nSPS) is 24.2. The summed E-state index contributed by atoms with van der Waals surface area (Å²) in [4.78, 5) is 13.7. The number of hydrogen-bond acceptors (Lipinski definition) is 1. The molecule has 1 saturated heterocycles. The third-order valence-electron chi connectivity index (χ3n) is 3.00. The van der Waals surface area contributed by atoms with Crippen LogP contribution in [0.25, 0.3) is 0 Å². The molecule has 0 aromatic rings. The Kier molecular flexibility index (Phi) is 3.24. The molecule has 1 rings (SSSR count). The third kappa shape index (κ3) is 1.93. The number of nitrogens with zero attached hydrogens (tertiary/aromatic N) is 1. The van der Waals surface area contributed by atoms with Crippen molar-refractivity contribution in [3.05, 3.63) is 34.4 Å². The van der Waals surface area contributed by atoms with Crippen molar-refractivity contribution in [3.8, 4) is 0 Å². The Morgan fingerprint density at radius 3 is 2.40 bits per heavy atom. The van der Waals surface area contributed by atoms with E-state index in [2.05, 4.69) is 22.5 Å². The highest BCUT2D eigenvalue weighted by Gasteiger charge is 2.42. The fourth-order valence-electron chi connectivity index (χ4n) is 1.47. The molecule has 1 aliphatic heterocycles. The number of allylic oxidation sites excluding steroid dienone is 3. The predicted octanol–water partition coefficient (Wildman–Crippen LogP) is 3.02. The monoisotopic (exact) mass is 269 g/mol. The largest absolute Gasteiger partial charge is 0.333 e. The van der Waals surface area contributed by atoms with Crippen LogP contribution in [0.3, 0.4) is 0 Å². The van der Waals surface area contributed by atoms with E-state index in [-0.39, 0.29) is 11.4 Å². The van der Waals surface area contributed by atoms with Crippen LogP contribution >= 0.6 is 15.9 Å². The summed E-state index contributed by atoms with van der Waals surface area (Å²) in [6, 6.07) is 0. The molecule has 1 fully saturated rings. The number of hydrogen-bond donors (Lipinski definition) is 0. The lowest BCUT2D eigenvalue weighted by Crippen LogP contribution is -2.37. The number of likely N-dealkylation sites (tertiary alicyclic amines) is 1. The first-order chi connectivity index (χ1) is 6.82. The summed E-state index contributed by atoms with van der Waals surface area (Å²) in [5, 5.41) is 0. The Hall–Kier alpha value is -0.830. The number of rotatable bonds is 1. The molecule has 1 aliphatic rings. The van der Waals surface area contributed by atoms with E-state index >= 15 is 0 Å². The first-order valence-electron chi connectivity index (χ1n) is 4.83. The molecule has 0 atom stereocenters. The molecule has 0 aromatic carbocycles. The number of carbonyl (C=O) groups is 1. The number of halogens is 1. The van der Waals surface area contributed by atoms with Crippen LogP contribution in [0.15, 0.2) is 34.4 Å². The van der Waals surface area contributed by atoms with Crippen LogP contribution in [-0.4, -0.2) is 23.4 Å². The molecule has 0 spiro atoms. The van der Waals surface area contributed by atoms with Gasteiger partial charge < -0.3 is 4.90 Å². The van der Waals surface area contributed by atoms with Gasteiger partial charge in [0.1, 0.15) is 0 Å². The fraction of sp³-hybridized carbons (Fsp3) is 0.417. The molecule has 15 heavy (non-hydrogen) atoms. The Morgan fingerprint density at radius 2 is 2.07 bits per heavy atom. The minimum atomic E-state index is -0.288. The average Bonchev–Trinajstić information content (AvgIpc) is 2.33. The predicted molar refractivity (Wildman–Crippen MR) is 66.8 cm³/mol. The van der Waals surface area contributed by atoms with E-state index in [4.69, 9.17) is 0 Å². The summed E-state index contributed by atoms with van der Waals surface area (Å²) in [6.07, 6.45) is 3.73. The van der Waals surface area contributed by atoms with Crippen molar-refractivity contribution in [2.24, 2.45) is 0 Å². The molecule has 0 aliphatic carbocycles. The van der Waals surface area contributed by atoms with Gasteiger partial charge in [-0.1, -0.05) is 28.6 Å². The van der Waals surface area contributed by atoms with Crippen LogP contribution in [0.2, 0.25) is 0 Å². The van der Waals surface area contributed by atoms with E-state index < -0.39 is 0 Å². The highest BCUT2D eigenvalue weighted by atomic mass is 79.9. The van der Waals surface area contributed by atoms with Crippen molar-refractivity contribution in [3.63, 3.8) is 0 Å². The van der Waals surface area contributed by atoms with E-state index in [1.165, 1.54) is 0 Å². The Labute approximate surface area is 99.5 Å². The zero-order valence-electron chi connectivity index (χ0n) is 9.60. The van der Waals surface area contributed by atoms with Gasteiger partial charge in [0.15, 0.2) is 0 Å². The third-order valence-corrected chi connectivity index (χ3v) is 3.68. The zero-order chi connectivity index (χ0) is 11.8. The Balaban J connectivity index is 3.21. The zero-order valence-corrected chi connectivity index (χ0v) is 11.2. The van der Waals surface area contributed by atoms with E-state index in [9.17, 15) is 4.79 Å². The van der Waals surface area contributed by atoms with Crippen LogP contribution < -0.4 is 0 Å². The maximum Gasteiger partial charge on any atom is 0.254 e. The standard InChI is InChI=1S/C12H16BrNO/c1-6-9(13)7-10-8(2)12(3,4)14(5)11(10)15/h6-7H,2H2,1,3-5H3/b9-6+,10-7+. The second-order valence-corrected chi connectivity index (χ2v) is 5.05. The van der Waals surface area contributed by atoms with Crippen LogP contribution in [0, 0.1) is 0 Å². The minimum Gasteiger partial charge on any atom is -0.333 e. The molecule has 82 valence electrons.